The standard InChI is InChI=1S/C20H35N3O3/c1-3-22(13-18(24)25)17-11-16(12-17)21-19(26)23-10-7-15(2)20(14-23)8-5-4-6-9-20/h15-17H,3-14H2,1-2H3,(H,21,26)(H,24,25). The maximum Gasteiger partial charge on any atom is 0.317 e. The van der Waals surface area contributed by atoms with E-state index >= 15 is 0 Å². The topological polar surface area (TPSA) is 72.9 Å². The van der Waals surface area contributed by atoms with Crippen molar-refractivity contribution in [3.8, 4) is 0 Å². The molecule has 0 aromatic rings. The first kappa shape index (κ1) is 19.5. The Morgan fingerprint density at radius 3 is 2.54 bits per heavy atom. The van der Waals surface area contributed by atoms with Crippen molar-refractivity contribution >= 4 is 12.0 Å². The lowest BCUT2D eigenvalue weighted by Crippen LogP contribution is -2.59. The molecule has 0 bridgehead atoms. The Kier molecular flexibility index (Phi) is 6.10. The third kappa shape index (κ3) is 4.16. The molecule has 1 atom stereocenters. The maximum absolute atomic E-state index is 12.8. The van der Waals surface area contributed by atoms with Crippen molar-refractivity contribution in [3.63, 3.8) is 0 Å². The first-order valence-corrected chi connectivity index (χ1v) is 10.4. The molecule has 3 aliphatic rings. The number of urea groups is 1. The monoisotopic (exact) mass is 365 g/mol. The minimum Gasteiger partial charge on any atom is -0.480 e. The Bertz CT molecular complexity index is 512. The number of carbonyl (C=O) groups is 2. The van der Waals surface area contributed by atoms with Gasteiger partial charge in [0.05, 0.1) is 6.54 Å². The fourth-order valence-electron chi connectivity index (χ4n) is 5.29. The normalized spacial score (nSPS) is 30.9. The van der Waals surface area contributed by atoms with Gasteiger partial charge < -0.3 is 15.3 Å². The van der Waals surface area contributed by atoms with E-state index in [1.807, 2.05) is 16.7 Å². The third-order valence-corrected chi connectivity index (χ3v) is 7.22. The van der Waals surface area contributed by atoms with Gasteiger partial charge in [0.1, 0.15) is 0 Å². The molecule has 2 aliphatic carbocycles. The van der Waals surface area contributed by atoms with E-state index < -0.39 is 5.97 Å². The van der Waals surface area contributed by atoms with Crippen LogP contribution in [0.4, 0.5) is 4.79 Å². The summed E-state index contributed by atoms with van der Waals surface area (Å²) >= 11 is 0. The second kappa shape index (κ2) is 8.15. The van der Waals surface area contributed by atoms with Crippen LogP contribution in [0.1, 0.15) is 65.2 Å². The second-order valence-electron chi connectivity index (χ2n) is 8.76. The van der Waals surface area contributed by atoms with Gasteiger partial charge in [0.2, 0.25) is 0 Å². The Morgan fingerprint density at radius 1 is 1.23 bits per heavy atom. The first-order chi connectivity index (χ1) is 12.4. The number of aliphatic carboxylic acids is 1. The predicted molar refractivity (Wildman–Crippen MR) is 101 cm³/mol. The van der Waals surface area contributed by atoms with Gasteiger partial charge in [-0.25, -0.2) is 4.79 Å². The summed E-state index contributed by atoms with van der Waals surface area (Å²) in [6, 6.07) is 0.566. The van der Waals surface area contributed by atoms with E-state index in [4.69, 9.17) is 5.11 Å². The summed E-state index contributed by atoms with van der Waals surface area (Å²) in [7, 11) is 0. The van der Waals surface area contributed by atoms with Crippen LogP contribution in [0.5, 0.6) is 0 Å². The molecule has 1 saturated heterocycles. The molecule has 1 unspecified atom stereocenters. The molecule has 2 N–H and O–H groups in total. The summed E-state index contributed by atoms with van der Waals surface area (Å²) in [6.45, 7) is 6.98. The number of nitrogens with zero attached hydrogens (tertiary/aromatic N) is 2. The molecule has 6 nitrogen and oxygen atoms in total. The van der Waals surface area contributed by atoms with Crippen molar-refractivity contribution in [1.29, 1.82) is 0 Å². The SMILES string of the molecule is CCN(CC(=O)O)C1CC(NC(=O)N2CCC(C)C3(CCCCC3)C2)C1. The van der Waals surface area contributed by atoms with E-state index in [1.54, 1.807) is 0 Å². The highest BCUT2D eigenvalue weighted by atomic mass is 16.4. The molecule has 1 spiro atoms. The minimum atomic E-state index is -0.778. The van der Waals surface area contributed by atoms with Crippen LogP contribution in [0, 0.1) is 11.3 Å². The van der Waals surface area contributed by atoms with Gasteiger partial charge >= 0.3 is 12.0 Å². The molecule has 2 amide bonds. The lowest BCUT2D eigenvalue weighted by molar-refractivity contribution is -0.139. The summed E-state index contributed by atoms with van der Waals surface area (Å²) < 4.78 is 0. The smallest absolute Gasteiger partial charge is 0.317 e. The minimum absolute atomic E-state index is 0.0894. The van der Waals surface area contributed by atoms with Crippen molar-refractivity contribution in [2.75, 3.05) is 26.2 Å². The van der Waals surface area contributed by atoms with Gasteiger partial charge in [-0.15, -0.1) is 0 Å². The fraction of sp³-hybridized carbons (Fsp3) is 0.900. The zero-order chi connectivity index (χ0) is 18.7. The van der Waals surface area contributed by atoms with Gasteiger partial charge in [0, 0.05) is 25.2 Å². The average Bonchev–Trinajstić information content (AvgIpc) is 2.59. The Hall–Kier alpha value is -1.30. The van der Waals surface area contributed by atoms with Crippen molar-refractivity contribution in [3.05, 3.63) is 0 Å². The van der Waals surface area contributed by atoms with Crippen LogP contribution < -0.4 is 5.32 Å². The second-order valence-corrected chi connectivity index (χ2v) is 8.76. The predicted octanol–water partition coefficient (Wildman–Crippen LogP) is 2.93. The summed E-state index contributed by atoms with van der Waals surface area (Å²) in [6.07, 6.45) is 9.33. The van der Waals surface area contributed by atoms with Gasteiger partial charge in [0.15, 0.2) is 0 Å². The van der Waals surface area contributed by atoms with Crippen molar-refractivity contribution < 1.29 is 14.7 Å². The highest BCUT2D eigenvalue weighted by molar-refractivity contribution is 5.75. The summed E-state index contributed by atoms with van der Waals surface area (Å²) in [4.78, 5) is 27.7. The quantitative estimate of drug-likeness (QED) is 0.786. The lowest BCUT2D eigenvalue weighted by Gasteiger charge is -2.50. The number of piperidine rings is 1. The number of rotatable bonds is 5. The molecule has 0 aromatic carbocycles. The highest BCUT2D eigenvalue weighted by Crippen LogP contribution is 2.46. The van der Waals surface area contributed by atoms with E-state index in [-0.39, 0.29) is 24.7 Å². The van der Waals surface area contributed by atoms with E-state index in [1.165, 1.54) is 32.1 Å². The Morgan fingerprint density at radius 2 is 1.92 bits per heavy atom. The Balaban J connectivity index is 1.48. The van der Waals surface area contributed by atoms with Crippen LogP contribution in [-0.2, 0) is 4.79 Å². The number of likely N-dealkylation sites (tertiary alicyclic amines) is 1. The van der Waals surface area contributed by atoms with E-state index in [0.29, 0.717) is 11.3 Å². The molecule has 1 heterocycles. The first-order valence-electron chi connectivity index (χ1n) is 10.4. The molecule has 3 fully saturated rings. The molecular formula is C20H35N3O3. The molecule has 26 heavy (non-hydrogen) atoms. The highest BCUT2D eigenvalue weighted by Gasteiger charge is 2.43. The van der Waals surface area contributed by atoms with Gasteiger partial charge in [-0.3, -0.25) is 9.69 Å². The molecule has 6 heteroatoms. The van der Waals surface area contributed by atoms with Crippen molar-refractivity contribution in [2.45, 2.75) is 77.3 Å². The Labute approximate surface area is 157 Å². The molecule has 148 valence electrons. The third-order valence-electron chi connectivity index (χ3n) is 7.22. The van der Waals surface area contributed by atoms with Gasteiger partial charge in [-0.05, 0) is 50.0 Å². The van der Waals surface area contributed by atoms with Crippen LogP contribution >= 0.6 is 0 Å². The van der Waals surface area contributed by atoms with Gasteiger partial charge in [-0.1, -0.05) is 33.1 Å². The average molecular weight is 366 g/mol. The number of likely N-dealkylation sites (N-methyl/N-ethyl adjacent to an activating group) is 1. The molecule has 2 saturated carbocycles. The molecule has 1 aliphatic heterocycles. The van der Waals surface area contributed by atoms with Gasteiger partial charge in [-0.2, -0.15) is 0 Å². The molecular weight excluding hydrogens is 330 g/mol. The van der Waals surface area contributed by atoms with Crippen LogP contribution in [0.3, 0.4) is 0 Å². The summed E-state index contributed by atoms with van der Waals surface area (Å²) in [5, 5.41) is 12.2. The van der Waals surface area contributed by atoms with E-state index in [0.717, 1.165) is 38.9 Å². The van der Waals surface area contributed by atoms with E-state index in [2.05, 4.69) is 12.2 Å². The van der Waals surface area contributed by atoms with Crippen LogP contribution in [0.15, 0.2) is 0 Å². The number of hydrogen-bond acceptors (Lipinski definition) is 3. The largest absolute Gasteiger partial charge is 0.480 e. The number of carbonyl (C=O) groups excluding carboxylic acids is 1. The summed E-state index contributed by atoms with van der Waals surface area (Å²) in [5.74, 6) is -0.0615. The number of carboxylic acid groups (broad SMARTS) is 1. The van der Waals surface area contributed by atoms with Crippen molar-refractivity contribution in [1.82, 2.24) is 15.1 Å². The molecule has 0 radical (unpaired) electrons. The number of hydrogen-bond donors (Lipinski definition) is 2. The zero-order valence-electron chi connectivity index (χ0n) is 16.4. The molecule has 0 aromatic heterocycles. The zero-order valence-corrected chi connectivity index (χ0v) is 16.4. The number of amides is 2. The number of nitrogens with one attached hydrogen (secondary N) is 1. The fourth-order valence-corrected chi connectivity index (χ4v) is 5.29. The number of carboxylic acids is 1. The van der Waals surface area contributed by atoms with Crippen LogP contribution in [-0.4, -0.2) is 65.2 Å². The van der Waals surface area contributed by atoms with Crippen LogP contribution in [0.2, 0.25) is 0 Å². The van der Waals surface area contributed by atoms with Crippen LogP contribution in [0.25, 0.3) is 0 Å². The molecule has 3 rings (SSSR count). The van der Waals surface area contributed by atoms with E-state index in [9.17, 15) is 9.59 Å². The summed E-state index contributed by atoms with van der Waals surface area (Å²) in [5.41, 5.74) is 0.344. The van der Waals surface area contributed by atoms with Gasteiger partial charge in [0.25, 0.3) is 0 Å². The maximum atomic E-state index is 12.8. The van der Waals surface area contributed by atoms with Crippen molar-refractivity contribution in [2.24, 2.45) is 11.3 Å². The lowest BCUT2D eigenvalue weighted by atomic mass is 9.63.